The quantitative estimate of drug-likeness (QED) is 0.254. The van der Waals surface area contributed by atoms with Crippen molar-refractivity contribution in [3.63, 3.8) is 0 Å². The van der Waals surface area contributed by atoms with Gasteiger partial charge in [-0.25, -0.2) is 0 Å². The molecule has 3 nitrogen and oxygen atoms in total. The van der Waals surface area contributed by atoms with E-state index in [0.29, 0.717) is 29.6 Å². The molecule has 0 N–H and O–H groups in total. The van der Waals surface area contributed by atoms with E-state index < -0.39 is 16.6 Å². The number of hydrogen-bond donors (Lipinski definition) is 0. The highest BCUT2D eigenvalue weighted by Gasteiger charge is 2.62. The summed E-state index contributed by atoms with van der Waals surface area (Å²) < 4.78 is 14.0. The molecule has 0 aromatic carbocycles. The lowest BCUT2D eigenvalue weighted by atomic mass is 9.46. The van der Waals surface area contributed by atoms with E-state index in [-0.39, 0.29) is 27.0 Å². The lowest BCUT2D eigenvalue weighted by Gasteiger charge is -2.58. The molecular formula is C32H58O3Si2. The first-order chi connectivity index (χ1) is 16.8. The van der Waals surface area contributed by atoms with Crippen molar-refractivity contribution in [2.24, 2.45) is 28.6 Å². The number of carbonyl (C=O) groups is 1. The van der Waals surface area contributed by atoms with Gasteiger partial charge in [0.05, 0.1) is 11.5 Å². The highest BCUT2D eigenvalue weighted by Crippen LogP contribution is 2.66. The SMILES string of the molecule is CC(=O)[C@]12CC[C@H](O[Si](C)(C)C(C)(C)C)CC1=CC[C@@H]1[C@@H]2CC[C@]2(C)[C@@H](O[Si](C)(C)C(C)(C)C)CC[C@@H]12. The van der Waals surface area contributed by atoms with Crippen LogP contribution in [-0.4, -0.2) is 34.6 Å². The van der Waals surface area contributed by atoms with Crippen LogP contribution in [0, 0.1) is 28.6 Å². The highest BCUT2D eigenvalue weighted by atomic mass is 28.4. The lowest BCUT2D eigenvalue weighted by Crippen LogP contribution is -2.56. The number of fused-ring (bicyclic) bond motifs is 5. The number of allylic oxidation sites excluding steroid dienone is 1. The van der Waals surface area contributed by atoms with Gasteiger partial charge in [0.15, 0.2) is 16.6 Å². The van der Waals surface area contributed by atoms with Crippen LogP contribution >= 0.6 is 0 Å². The number of rotatable bonds is 5. The molecular weight excluding hydrogens is 489 g/mol. The predicted molar refractivity (Wildman–Crippen MR) is 161 cm³/mol. The van der Waals surface area contributed by atoms with Crippen molar-refractivity contribution < 1.29 is 13.6 Å². The lowest BCUT2D eigenvalue weighted by molar-refractivity contribution is -0.137. The summed E-state index contributed by atoms with van der Waals surface area (Å²) in [4.78, 5) is 13.6. The van der Waals surface area contributed by atoms with Crippen LogP contribution in [-0.2, 0) is 13.6 Å². The summed E-state index contributed by atoms with van der Waals surface area (Å²) in [5.74, 6) is 2.23. The molecule has 0 aromatic heterocycles. The zero-order valence-electron chi connectivity index (χ0n) is 26.3. The van der Waals surface area contributed by atoms with Gasteiger partial charge in [-0.3, -0.25) is 4.79 Å². The van der Waals surface area contributed by atoms with Crippen molar-refractivity contribution in [3.8, 4) is 0 Å². The molecule has 0 unspecified atom stereocenters. The first-order valence-electron chi connectivity index (χ1n) is 15.3. The van der Waals surface area contributed by atoms with Crippen molar-refractivity contribution in [2.45, 2.75) is 155 Å². The van der Waals surface area contributed by atoms with Crippen molar-refractivity contribution in [1.82, 2.24) is 0 Å². The molecule has 212 valence electrons. The summed E-state index contributed by atoms with van der Waals surface area (Å²) in [6.07, 6.45) is 12.2. The monoisotopic (exact) mass is 546 g/mol. The van der Waals surface area contributed by atoms with Crippen LogP contribution in [0.3, 0.4) is 0 Å². The maximum Gasteiger partial charge on any atom is 0.192 e. The maximum absolute atomic E-state index is 13.6. The van der Waals surface area contributed by atoms with Crippen molar-refractivity contribution in [3.05, 3.63) is 11.6 Å². The van der Waals surface area contributed by atoms with Crippen LogP contribution < -0.4 is 0 Å². The van der Waals surface area contributed by atoms with Gasteiger partial charge in [0.2, 0.25) is 0 Å². The van der Waals surface area contributed by atoms with Crippen LogP contribution in [0.1, 0.15) is 107 Å². The second-order valence-electron chi connectivity index (χ2n) is 16.6. The fourth-order valence-electron chi connectivity index (χ4n) is 8.31. The van der Waals surface area contributed by atoms with Gasteiger partial charge in [-0.05, 0) is 118 Å². The van der Waals surface area contributed by atoms with E-state index in [4.69, 9.17) is 8.85 Å². The Morgan fingerprint density at radius 1 is 0.865 bits per heavy atom. The molecule has 0 spiro atoms. The van der Waals surface area contributed by atoms with Crippen LogP contribution in [0.2, 0.25) is 36.3 Å². The van der Waals surface area contributed by atoms with Crippen LogP contribution in [0.15, 0.2) is 11.6 Å². The zero-order valence-corrected chi connectivity index (χ0v) is 28.3. The molecule has 5 heteroatoms. The van der Waals surface area contributed by atoms with Crippen LogP contribution in [0.25, 0.3) is 0 Å². The van der Waals surface area contributed by atoms with Gasteiger partial charge in [-0.2, -0.15) is 0 Å². The zero-order chi connectivity index (χ0) is 27.8. The van der Waals surface area contributed by atoms with Crippen LogP contribution in [0.4, 0.5) is 0 Å². The number of ketones is 1. The van der Waals surface area contributed by atoms with Crippen LogP contribution in [0.5, 0.6) is 0 Å². The van der Waals surface area contributed by atoms with E-state index in [1.165, 1.54) is 31.3 Å². The van der Waals surface area contributed by atoms with E-state index in [9.17, 15) is 4.79 Å². The molecule has 3 fully saturated rings. The number of carbonyl (C=O) groups excluding carboxylic acids is 1. The molecule has 0 aliphatic heterocycles. The minimum absolute atomic E-state index is 0.216. The van der Waals surface area contributed by atoms with E-state index >= 15 is 0 Å². The Hall–Kier alpha value is -0.236. The summed E-state index contributed by atoms with van der Waals surface area (Å²) >= 11 is 0. The van der Waals surface area contributed by atoms with Crippen molar-refractivity contribution >= 4 is 22.4 Å². The molecule has 0 heterocycles. The van der Waals surface area contributed by atoms with E-state index in [1.54, 1.807) is 0 Å². The van der Waals surface area contributed by atoms with E-state index in [1.807, 2.05) is 6.92 Å². The Labute approximate surface area is 231 Å². The minimum atomic E-state index is -1.83. The predicted octanol–water partition coefficient (Wildman–Crippen LogP) is 9.30. The standard InChI is InChI=1S/C32H58O3Si2/c1-22(33)32-20-17-24(34-36(9,10)29(2,3)4)21-23(32)13-14-25-26-15-16-28(31(26,8)19-18-27(25)32)35-37(11,12)30(5,6)7/h13,24-28H,14-21H2,1-12H3/t24-,25-,26-,27-,28-,31-,32+/m0/s1. The Balaban J connectivity index is 1.58. The average molecular weight is 547 g/mol. The second kappa shape index (κ2) is 9.41. The fourth-order valence-corrected chi connectivity index (χ4v) is 11.1. The Morgan fingerprint density at radius 3 is 2.03 bits per heavy atom. The third-order valence-electron chi connectivity index (χ3n) is 12.6. The minimum Gasteiger partial charge on any atom is -0.414 e. The number of Topliss-reactive ketones (excluding diaryl/α,β-unsaturated/α-hetero) is 1. The smallest absolute Gasteiger partial charge is 0.192 e. The van der Waals surface area contributed by atoms with Crippen molar-refractivity contribution in [1.29, 1.82) is 0 Å². The largest absolute Gasteiger partial charge is 0.414 e. The molecule has 0 bridgehead atoms. The molecule has 37 heavy (non-hydrogen) atoms. The van der Waals surface area contributed by atoms with Gasteiger partial charge in [-0.15, -0.1) is 0 Å². The van der Waals surface area contributed by atoms with E-state index in [0.717, 1.165) is 25.7 Å². The molecule has 4 aliphatic carbocycles. The molecule has 0 amide bonds. The summed E-state index contributed by atoms with van der Waals surface area (Å²) in [5, 5.41) is 0.457. The summed E-state index contributed by atoms with van der Waals surface area (Å²) in [5.41, 5.74) is 1.45. The molecule has 0 radical (unpaired) electrons. The van der Waals surface area contributed by atoms with Gasteiger partial charge < -0.3 is 8.85 Å². The molecule has 0 aromatic rings. The highest BCUT2D eigenvalue weighted by molar-refractivity contribution is 6.74. The number of hydrogen-bond acceptors (Lipinski definition) is 3. The molecule has 4 rings (SSSR count). The third-order valence-corrected chi connectivity index (χ3v) is 21.7. The first kappa shape index (κ1) is 29.7. The molecule has 7 atom stereocenters. The van der Waals surface area contributed by atoms with E-state index in [2.05, 4.69) is 80.7 Å². The first-order valence-corrected chi connectivity index (χ1v) is 21.1. The second-order valence-corrected chi connectivity index (χ2v) is 26.1. The van der Waals surface area contributed by atoms with Gasteiger partial charge in [-0.1, -0.05) is 60.1 Å². The summed E-state index contributed by atoms with van der Waals surface area (Å²) in [6, 6.07) is 0. The van der Waals surface area contributed by atoms with Gasteiger partial charge in [0.25, 0.3) is 0 Å². The van der Waals surface area contributed by atoms with Crippen molar-refractivity contribution in [2.75, 3.05) is 0 Å². The van der Waals surface area contributed by atoms with Gasteiger partial charge in [0.1, 0.15) is 5.78 Å². The Kier molecular flexibility index (Phi) is 7.57. The van der Waals surface area contributed by atoms with Gasteiger partial charge >= 0.3 is 0 Å². The molecule has 4 aliphatic rings. The molecule has 0 saturated heterocycles. The normalized spacial score (nSPS) is 38.9. The topological polar surface area (TPSA) is 35.5 Å². The average Bonchev–Trinajstić information content (AvgIpc) is 3.07. The Morgan fingerprint density at radius 2 is 1.46 bits per heavy atom. The summed E-state index contributed by atoms with van der Waals surface area (Å²) in [7, 11) is -3.64. The van der Waals surface area contributed by atoms with Gasteiger partial charge in [0, 0.05) is 6.10 Å². The maximum atomic E-state index is 13.6. The summed E-state index contributed by atoms with van der Waals surface area (Å²) in [6.45, 7) is 28.1. The Bertz CT molecular complexity index is 923. The third kappa shape index (κ3) is 4.84. The fraction of sp³-hybridized carbons (Fsp3) is 0.906. The molecule has 3 saturated carbocycles.